The van der Waals surface area contributed by atoms with Crippen LogP contribution in [0.15, 0.2) is 0 Å². The van der Waals surface area contributed by atoms with E-state index in [1.165, 1.54) is 18.9 Å². The SMILES string of the molecule is COC(=O)C(N)CSCCCOCC(F)(F)F. The number of hydrogen-bond donors (Lipinski definition) is 1. The predicted molar refractivity (Wildman–Crippen MR) is 58.8 cm³/mol. The number of nitrogens with two attached hydrogens (primary N) is 1. The van der Waals surface area contributed by atoms with Gasteiger partial charge in [0.1, 0.15) is 12.6 Å². The molecule has 102 valence electrons. The van der Waals surface area contributed by atoms with Crippen LogP contribution in [0.4, 0.5) is 13.2 Å². The molecule has 8 heteroatoms. The molecule has 0 aliphatic heterocycles. The van der Waals surface area contributed by atoms with Crippen molar-refractivity contribution in [2.75, 3.05) is 31.8 Å². The lowest BCUT2D eigenvalue weighted by Crippen LogP contribution is -2.33. The van der Waals surface area contributed by atoms with E-state index in [0.29, 0.717) is 17.9 Å². The normalized spacial score (nSPS) is 13.5. The highest BCUT2D eigenvalue weighted by atomic mass is 32.2. The van der Waals surface area contributed by atoms with E-state index in [-0.39, 0.29) is 6.61 Å². The molecule has 4 nitrogen and oxygen atoms in total. The van der Waals surface area contributed by atoms with Crippen molar-refractivity contribution < 1.29 is 27.4 Å². The van der Waals surface area contributed by atoms with E-state index >= 15 is 0 Å². The zero-order chi connectivity index (χ0) is 13.3. The molecular formula is C9H16F3NO3S. The van der Waals surface area contributed by atoms with Gasteiger partial charge in [0.15, 0.2) is 0 Å². The molecule has 0 aromatic heterocycles. The molecule has 0 rings (SSSR count). The number of esters is 1. The van der Waals surface area contributed by atoms with Crippen LogP contribution in [0.3, 0.4) is 0 Å². The first-order chi connectivity index (χ1) is 7.87. The number of ether oxygens (including phenoxy) is 2. The molecular weight excluding hydrogens is 259 g/mol. The van der Waals surface area contributed by atoms with E-state index in [0.717, 1.165) is 0 Å². The van der Waals surface area contributed by atoms with Gasteiger partial charge in [0, 0.05) is 12.4 Å². The molecule has 0 amide bonds. The standard InChI is InChI=1S/C9H16F3NO3S/c1-15-8(14)7(13)5-17-4-2-3-16-6-9(10,11)12/h7H,2-6,13H2,1H3. The molecule has 17 heavy (non-hydrogen) atoms. The number of hydrogen-bond acceptors (Lipinski definition) is 5. The molecule has 1 atom stereocenters. The summed E-state index contributed by atoms with van der Waals surface area (Å²) in [4.78, 5) is 10.9. The number of carbonyl (C=O) groups excluding carboxylic acids is 1. The monoisotopic (exact) mass is 275 g/mol. The van der Waals surface area contributed by atoms with E-state index < -0.39 is 24.8 Å². The molecule has 0 heterocycles. The third-order valence-electron chi connectivity index (χ3n) is 1.64. The van der Waals surface area contributed by atoms with E-state index in [9.17, 15) is 18.0 Å². The first-order valence-corrected chi connectivity index (χ1v) is 6.08. The second kappa shape index (κ2) is 8.60. The van der Waals surface area contributed by atoms with Gasteiger partial charge in [0.25, 0.3) is 0 Å². The van der Waals surface area contributed by atoms with Crippen LogP contribution in [0.1, 0.15) is 6.42 Å². The summed E-state index contributed by atoms with van der Waals surface area (Å²) in [5.74, 6) is 0.472. The highest BCUT2D eigenvalue weighted by Gasteiger charge is 2.27. The molecule has 0 bridgehead atoms. The Labute approximate surface area is 102 Å². The van der Waals surface area contributed by atoms with Crippen molar-refractivity contribution in [1.82, 2.24) is 0 Å². The summed E-state index contributed by atoms with van der Waals surface area (Å²) in [6.07, 6.45) is -3.80. The van der Waals surface area contributed by atoms with Crippen LogP contribution in [0.25, 0.3) is 0 Å². The number of halogens is 3. The number of alkyl halides is 3. The Bertz CT molecular complexity index is 226. The lowest BCUT2D eigenvalue weighted by atomic mass is 10.4. The summed E-state index contributed by atoms with van der Waals surface area (Å²) in [6.45, 7) is -1.18. The fourth-order valence-corrected chi connectivity index (χ4v) is 1.76. The van der Waals surface area contributed by atoms with Crippen molar-refractivity contribution in [2.45, 2.75) is 18.6 Å². The second-order valence-corrected chi connectivity index (χ2v) is 4.38. The molecule has 0 saturated carbocycles. The van der Waals surface area contributed by atoms with Crippen LogP contribution >= 0.6 is 11.8 Å². The van der Waals surface area contributed by atoms with Crippen LogP contribution < -0.4 is 5.73 Å². The largest absolute Gasteiger partial charge is 0.468 e. The smallest absolute Gasteiger partial charge is 0.411 e. The minimum Gasteiger partial charge on any atom is -0.468 e. The lowest BCUT2D eigenvalue weighted by Gasteiger charge is -2.09. The van der Waals surface area contributed by atoms with Gasteiger partial charge in [-0.2, -0.15) is 24.9 Å². The number of carbonyl (C=O) groups is 1. The number of thioether (sulfide) groups is 1. The first kappa shape index (κ1) is 16.5. The maximum atomic E-state index is 11.7. The summed E-state index contributed by atoms with van der Waals surface area (Å²) in [5.41, 5.74) is 5.45. The average Bonchev–Trinajstić information content (AvgIpc) is 2.24. The maximum absolute atomic E-state index is 11.7. The molecule has 0 aromatic rings. The Hall–Kier alpha value is -0.470. The van der Waals surface area contributed by atoms with Gasteiger partial charge in [-0.05, 0) is 12.2 Å². The average molecular weight is 275 g/mol. The van der Waals surface area contributed by atoms with Gasteiger partial charge in [-0.1, -0.05) is 0 Å². The van der Waals surface area contributed by atoms with Crippen LogP contribution in [-0.2, 0) is 14.3 Å². The van der Waals surface area contributed by atoms with Gasteiger partial charge < -0.3 is 15.2 Å². The van der Waals surface area contributed by atoms with Gasteiger partial charge in [-0.3, -0.25) is 4.79 Å². The topological polar surface area (TPSA) is 61.5 Å². The minimum absolute atomic E-state index is 0.0416. The number of methoxy groups -OCH3 is 1. The second-order valence-electron chi connectivity index (χ2n) is 3.23. The van der Waals surface area contributed by atoms with Gasteiger partial charge in [-0.15, -0.1) is 0 Å². The fourth-order valence-electron chi connectivity index (χ4n) is 0.881. The predicted octanol–water partition coefficient (Wildman–Crippen LogP) is 1.19. The Morgan fingerprint density at radius 2 is 2.12 bits per heavy atom. The van der Waals surface area contributed by atoms with Crippen LogP contribution in [-0.4, -0.2) is 50.0 Å². The summed E-state index contributed by atoms with van der Waals surface area (Å²) >= 11 is 1.38. The van der Waals surface area contributed by atoms with E-state index in [1.807, 2.05) is 0 Å². The van der Waals surface area contributed by atoms with Gasteiger partial charge in [0.2, 0.25) is 0 Å². The molecule has 0 aliphatic rings. The van der Waals surface area contributed by atoms with E-state index in [4.69, 9.17) is 5.73 Å². The molecule has 0 fully saturated rings. The molecule has 0 saturated heterocycles. The maximum Gasteiger partial charge on any atom is 0.411 e. The van der Waals surface area contributed by atoms with Gasteiger partial charge in [-0.25, -0.2) is 0 Å². The Morgan fingerprint density at radius 1 is 1.47 bits per heavy atom. The van der Waals surface area contributed by atoms with E-state index in [2.05, 4.69) is 9.47 Å². The van der Waals surface area contributed by atoms with Crippen molar-refractivity contribution in [2.24, 2.45) is 5.73 Å². The van der Waals surface area contributed by atoms with Crippen LogP contribution in [0.2, 0.25) is 0 Å². The molecule has 0 aromatic carbocycles. The highest BCUT2D eigenvalue weighted by Crippen LogP contribution is 2.14. The quantitative estimate of drug-likeness (QED) is 0.532. The Balaban J connectivity index is 3.33. The van der Waals surface area contributed by atoms with Crippen molar-refractivity contribution in [1.29, 1.82) is 0 Å². The van der Waals surface area contributed by atoms with Crippen molar-refractivity contribution in [3.05, 3.63) is 0 Å². The van der Waals surface area contributed by atoms with Gasteiger partial charge >= 0.3 is 12.1 Å². The minimum atomic E-state index is -4.28. The third kappa shape index (κ3) is 10.4. The number of rotatable bonds is 8. The third-order valence-corrected chi connectivity index (χ3v) is 2.82. The Morgan fingerprint density at radius 3 is 2.65 bits per heavy atom. The molecule has 0 aliphatic carbocycles. The molecule has 1 unspecified atom stereocenters. The van der Waals surface area contributed by atoms with E-state index in [1.54, 1.807) is 0 Å². The molecule has 0 spiro atoms. The van der Waals surface area contributed by atoms with Crippen LogP contribution in [0.5, 0.6) is 0 Å². The molecule has 0 radical (unpaired) electrons. The van der Waals surface area contributed by atoms with Crippen molar-refractivity contribution in [3.63, 3.8) is 0 Å². The van der Waals surface area contributed by atoms with Crippen molar-refractivity contribution >= 4 is 17.7 Å². The summed E-state index contributed by atoms with van der Waals surface area (Å²) in [6, 6.07) is -0.693. The van der Waals surface area contributed by atoms with Crippen molar-refractivity contribution in [3.8, 4) is 0 Å². The first-order valence-electron chi connectivity index (χ1n) is 4.92. The fraction of sp³-hybridized carbons (Fsp3) is 0.889. The van der Waals surface area contributed by atoms with Crippen LogP contribution in [0, 0.1) is 0 Å². The molecule has 2 N–H and O–H groups in total. The highest BCUT2D eigenvalue weighted by molar-refractivity contribution is 7.99. The van der Waals surface area contributed by atoms with Gasteiger partial charge in [0.05, 0.1) is 7.11 Å². The summed E-state index contributed by atoms with van der Waals surface area (Å²) in [7, 11) is 1.25. The zero-order valence-corrected chi connectivity index (χ0v) is 10.3. The zero-order valence-electron chi connectivity index (χ0n) is 9.46. The Kier molecular flexibility index (Phi) is 8.36. The summed E-state index contributed by atoms with van der Waals surface area (Å²) < 4.78 is 43.8. The lowest BCUT2D eigenvalue weighted by molar-refractivity contribution is -0.173. The summed E-state index contributed by atoms with van der Waals surface area (Å²) in [5, 5.41) is 0.